The second-order valence-corrected chi connectivity index (χ2v) is 23.1. The summed E-state index contributed by atoms with van der Waals surface area (Å²) in [6, 6.07) is 36.5. The van der Waals surface area contributed by atoms with Crippen molar-refractivity contribution in [3.05, 3.63) is 193 Å². The van der Waals surface area contributed by atoms with Crippen molar-refractivity contribution in [2.75, 3.05) is 5.33 Å². The van der Waals surface area contributed by atoms with Gasteiger partial charge in [-0.25, -0.2) is 38.2 Å². The Morgan fingerprint density at radius 3 is 1.16 bits per heavy atom. The van der Waals surface area contributed by atoms with Crippen LogP contribution in [0.2, 0.25) is 41.2 Å². The first-order valence-corrected chi connectivity index (χ1v) is 32.7. The summed E-state index contributed by atoms with van der Waals surface area (Å²) in [5, 5.41) is 8.60. The molecule has 11 nitrogen and oxygen atoms in total. The molecule has 0 spiro atoms. The third-order valence-corrected chi connectivity index (χ3v) is 16.8. The maximum atomic E-state index is 6.38. The number of halogens is 12. The summed E-state index contributed by atoms with van der Waals surface area (Å²) in [4.78, 5) is 23.8. The molecule has 0 bridgehead atoms. The number of nitrogens with one attached hydrogen (secondary N) is 1. The summed E-state index contributed by atoms with van der Waals surface area (Å²) in [5.74, 6) is 0.477. The molecule has 0 aliphatic carbocycles. The number of aromatic nitrogens is 11. The van der Waals surface area contributed by atoms with Crippen molar-refractivity contribution >= 4 is 153 Å². The van der Waals surface area contributed by atoms with E-state index in [1.165, 1.54) is 69.4 Å². The van der Waals surface area contributed by atoms with Crippen LogP contribution in [0.3, 0.4) is 0 Å². The molecule has 0 aliphatic heterocycles. The standard InChI is InChI=1S/2C18H20Cl2N3.C10H8ClN.C8H12Cl2N2.C5H11Br.C3H2Cl2N2.2ClH/c2*1-2-3-6-11-22-13-23(18(20)17(22)19)12-15-10-9-14-7-4-5-8-16(14)21-15;11-7-9-6-5-8-3-1-2-4-10(8)12-9;1-2-3-4-5-12-6-11-7(9)8(12)10;1-2-3-4-5-6;4-2-3(5)7-1-6-2;;/h2*4-5,7-10,13H,2-3,6,11-12H2,1H3;1-6H,7H2;6H,2-5H2,1H3;2-5H2,1H3;1H,(H,6,7);2*1H/q2*+1;;;;;;/p-2. The lowest BCUT2D eigenvalue weighted by molar-refractivity contribution is -0.686. The van der Waals surface area contributed by atoms with E-state index in [0.717, 1.165) is 88.7 Å². The third-order valence-electron chi connectivity index (χ3n) is 12.7. The minimum absolute atomic E-state index is 0. The van der Waals surface area contributed by atoms with Gasteiger partial charge in [0.05, 0.1) is 65.3 Å². The van der Waals surface area contributed by atoms with Crippen molar-refractivity contribution in [3.8, 4) is 0 Å². The molecule has 85 heavy (non-hydrogen) atoms. The van der Waals surface area contributed by atoms with E-state index in [1.54, 1.807) is 6.33 Å². The van der Waals surface area contributed by atoms with Crippen LogP contribution < -0.4 is 33.9 Å². The van der Waals surface area contributed by atoms with E-state index in [4.69, 9.17) is 114 Å². The molecule has 0 fully saturated rings. The Hall–Kier alpha value is -3.60. The molecule has 0 atom stereocenters. The van der Waals surface area contributed by atoms with Crippen LogP contribution in [0, 0.1) is 0 Å². The van der Waals surface area contributed by atoms with E-state index in [0.29, 0.717) is 60.2 Å². The Labute approximate surface area is 567 Å². The molecule has 460 valence electrons. The first-order chi connectivity index (χ1) is 40.2. The predicted molar refractivity (Wildman–Crippen MR) is 355 cm³/mol. The maximum absolute atomic E-state index is 6.38. The van der Waals surface area contributed by atoms with Gasteiger partial charge in [0.1, 0.15) is 23.4 Å². The van der Waals surface area contributed by atoms with Gasteiger partial charge in [0.15, 0.2) is 10.3 Å². The number of H-pyrrole nitrogens is 1. The highest BCUT2D eigenvalue weighted by molar-refractivity contribution is 9.09. The molecule has 0 unspecified atom stereocenters. The van der Waals surface area contributed by atoms with Crippen LogP contribution in [0.15, 0.2) is 135 Å². The topological polar surface area (TPSA) is 103 Å². The number of pyridine rings is 3. The van der Waals surface area contributed by atoms with E-state index in [1.807, 2.05) is 120 Å². The highest BCUT2D eigenvalue weighted by atomic mass is 79.9. The SMILES string of the molecule is CCCCCBr.CCCCCn1c[n+](Cc2ccc3ccccc3n2)c(Cl)c1Cl.CCCCCn1c[n+](Cc2ccc3ccccc3n2)c(Cl)c1Cl.CCCCCn1cnc(Cl)c1Cl.ClCc1ccc2ccccc2n1.Clc1nc[nH]c1Cl.[Cl-].[Cl-]. The number of aromatic amines is 1. The number of hydrogen-bond donors (Lipinski definition) is 1. The first-order valence-electron chi connectivity index (χ1n) is 28.0. The zero-order valence-corrected chi connectivity index (χ0v) is 58.0. The second kappa shape index (κ2) is 42.4. The number of rotatable bonds is 20. The minimum Gasteiger partial charge on any atom is -1.00 e. The zero-order chi connectivity index (χ0) is 59.9. The molecule has 7 heterocycles. The van der Waals surface area contributed by atoms with Gasteiger partial charge >= 0.3 is 0 Å². The number of alkyl halides is 2. The van der Waals surface area contributed by atoms with Crippen molar-refractivity contribution in [2.45, 2.75) is 143 Å². The van der Waals surface area contributed by atoms with Crippen LogP contribution in [0.4, 0.5) is 0 Å². The average Bonchev–Trinajstić information content (AvgIpc) is 4.16. The van der Waals surface area contributed by atoms with Gasteiger partial charge < -0.3 is 34.4 Å². The van der Waals surface area contributed by atoms with Gasteiger partial charge in [-0.3, -0.25) is 4.98 Å². The molecule has 1 N–H and O–H groups in total. The number of unbranched alkanes of at least 4 members (excludes halogenated alkanes) is 8. The van der Waals surface area contributed by atoms with E-state index < -0.39 is 0 Å². The van der Waals surface area contributed by atoms with Crippen molar-refractivity contribution in [3.63, 3.8) is 0 Å². The van der Waals surface area contributed by atoms with E-state index >= 15 is 0 Å². The van der Waals surface area contributed by atoms with Crippen LogP contribution in [0.5, 0.6) is 0 Å². The largest absolute Gasteiger partial charge is 1.00 e. The Balaban J connectivity index is 0.000000283. The molecule has 0 radical (unpaired) electrons. The lowest BCUT2D eigenvalue weighted by atomic mass is 10.2. The number of hydrogen-bond acceptors (Lipinski definition) is 5. The molecule has 10 aromatic rings. The van der Waals surface area contributed by atoms with Gasteiger partial charge in [0.2, 0.25) is 12.7 Å². The molecule has 0 aliphatic rings. The van der Waals surface area contributed by atoms with Gasteiger partial charge in [-0.1, -0.05) is 201 Å². The van der Waals surface area contributed by atoms with Crippen LogP contribution >= 0.6 is 120 Å². The number of aryl methyl sites for hydroxylation is 3. The van der Waals surface area contributed by atoms with E-state index in [9.17, 15) is 0 Å². The Kier molecular flexibility index (Phi) is 37.7. The summed E-state index contributed by atoms with van der Waals surface area (Å²) in [6.07, 6.45) is 21.6. The van der Waals surface area contributed by atoms with Gasteiger partial charge in [-0.05, 0) is 121 Å². The lowest BCUT2D eigenvalue weighted by Crippen LogP contribution is -3.00. The fraction of sp³-hybridized carbons (Fsp3) is 0.371. The van der Waals surface area contributed by atoms with Gasteiger partial charge in [0.25, 0.3) is 20.6 Å². The second-order valence-electron chi connectivity index (χ2n) is 19.2. The molecule has 0 saturated carbocycles. The Morgan fingerprint density at radius 1 is 0.447 bits per heavy atom. The smallest absolute Gasteiger partial charge is 0.255 e. The molecular formula is C62H73BrCl11N11. The van der Waals surface area contributed by atoms with Crippen LogP contribution in [0.1, 0.15) is 122 Å². The van der Waals surface area contributed by atoms with Gasteiger partial charge in [-0.2, -0.15) is 0 Å². The van der Waals surface area contributed by atoms with Gasteiger partial charge in [0, 0.05) is 28.0 Å². The summed E-state index contributed by atoms with van der Waals surface area (Å²) in [7, 11) is 0. The van der Waals surface area contributed by atoms with Crippen molar-refractivity contribution in [1.82, 2.24) is 43.6 Å². The summed E-state index contributed by atoms with van der Waals surface area (Å²) >= 11 is 56.7. The summed E-state index contributed by atoms with van der Waals surface area (Å²) in [6.45, 7) is 12.7. The monoisotopic (exact) mass is 1440 g/mol. The van der Waals surface area contributed by atoms with Gasteiger partial charge in [-0.15, -0.1) is 11.6 Å². The number of fused-ring (bicyclic) bond motifs is 3. The number of benzene rings is 3. The van der Waals surface area contributed by atoms with Crippen molar-refractivity contribution in [2.24, 2.45) is 0 Å². The molecule has 23 heteroatoms. The summed E-state index contributed by atoms with van der Waals surface area (Å²) < 4.78 is 9.81. The Morgan fingerprint density at radius 2 is 0.835 bits per heavy atom. The molecule has 0 amide bonds. The van der Waals surface area contributed by atoms with Crippen LogP contribution in [-0.4, -0.2) is 48.9 Å². The molecular weight excluding hydrogens is 1370 g/mol. The quantitative estimate of drug-likeness (QED) is 0.0465. The molecule has 0 saturated heterocycles. The highest BCUT2D eigenvalue weighted by Crippen LogP contribution is 2.23. The van der Waals surface area contributed by atoms with E-state index in [2.05, 4.69) is 87.8 Å². The zero-order valence-electron chi connectivity index (χ0n) is 48.1. The average molecular weight is 1440 g/mol. The highest BCUT2D eigenvalue weighted by Gasteiger charge is 2.22. The lowest BCUT2D eigenvalue weighted by Gasteiger charge is -2.01. The fourth-order valence-corrected chi connectivity index (χ4v) is 10.1. The van der Waals surface area contributed by atoms with Crippen LogP contribution in [-0.2, 0) is 38.6 Å². The Bertz CT molecular complexity index is 3320. The van der Waals surface area contributed by atoms with E-state index in [-0.39, 0.29) is 24.8 Å². The molecule has 3 aromatic carbocycles. The fourth-order valence-electron chi connectivity index (χ4n) is 8.17. The minimum atomic E-state index is 0. The molecule has 10 rings (SSSR count). The van der Waals surface area contributed by atoms with Crippen LogP contribution in [0.25, 0.3) is 32.7 Å². The maximum Gasteiger partial charge on any atom is 0.255 e. The summed E-state index contributed by atoms with van der Waals surface area (Å²) in [5.41, 5.74) is 5.87. The predicted octanol–water partition coefficient (Wildman–Crippen LogP) is 14.4. The normalized spacial score (nSPS) is 10.5. The number of para-hydroxylation sites is 3. The molecule has 7 aromatic heterocycles. The number of nitrogens with zero attached hydrogens (tertiary/aromatic N) is 10. The number of imidazole rings is 4. The first kappa shape index (κ1) is 75.6. The van der Waals surface area contributed by atoms with Crippen molar-refractivity contribution in [1.29, 1.82) is 0 Å². The van der Waals surface area contributed by atoms with Crippen molar-refractivity contribution < 1.29 is 33.9 Å². The third kappa shape index (κ3) is 25.4.